The first-order valence-electron chi connectivity index (χ1n) is 5.72. The van der Waals surface area contributed by atoms with Gasteiger partial charge in [-0.1, -0.05) is 0 Å². The summed E-state index contributed by atoms with van der Waals surface area (Å²) < 4.78 is 0. The summed E-state index contributed by atoms with van der Waals surface area (Å²) in [5.74, 6) is 0.0554. The van der Waals surface area contributed by atoms with Crippen molar-refractivity contribution in [1.29, 1.82) is 0 Å². The molecule has 1 aromatic carbocycles. The number of benzene rings is 1. The third-order valence-electron chi connectivity index (χ3n) is 2.72. The molecule has 0 saturated carbocycles. The van der Waals surface area contributed by atoms with Crippen molar-refractivity contribution in [2.45, 2.75) is 13.0 Å². The quantitative estimate of drug-likeness (QED) is 0.813. The average molecular weight is 261 g/mol. The van der Waals surface area contributed by atoms with Gasteiger partial charge in [0.05, 0.1) is 6.10 Å². The number of hydrogen-bond donors (Lipinski definition) is 2. The number of ketones is 1. The second kappa shape index (κ2) is 5.80. The second-order valence-corrected chi connectivity index (χ2v) is 4.87. The van der Waals surface area contributed by atoms with E-state index in [1.165, 1.54) is 0 Å². The van der Waals surface area contributed by atoms with Crippen LogP contribution in [0.25, 0.3) is 0 Å². The molecule has 18 heavy (non-hydrogen) atoms. The van der Waals surface area contributed by atoms with Crippen molar-refractivity contribution >= 4 is 22.8 Å². The Morgan fingerprint density at radius 2 is 2.06 bits per heavy atom. The summed E-state index contributed by atoms with van der Waals surface area (Å²) in [6.45, 7) is 2.00. The zero-order valence-corrected chi connectivity index (χ0v) is 10.9. The molecule has 0 radical (unpaired) electrons. The molecule has 2 aromatic rings. The molecule has 0 amide bonds. The van der Waals surface area contributed by atoms with E-state index in [0.29, 0.717) is 12.1 Å². The second-order valence-electron chi connectivity index (χ2n) is 4.09. The number of carbonyl (C=O) groups is 1. The van der Waals surface area contributed by atoms with Crippen LogP contribution in [-0.4, -0.2) is 17.4 Å². The van der Waals surface area contributed by atoms with Gasteiger partial charge in [0.1, 0.15) is 0 Å². The molecule has 0 aliphatic carbocycles. The molecule has 1 heterocycles. The summed E-state index contributed by atoms with van der Waals surface area (Å²) in [5.41, 5.74) is 2.51. The standard InChI is InChI=1S/C14H15NO2S/c1-10(16)11-2-4-13(5-3-11)15-8-14(17)12-6-7-18-9-12/h2-7,9,14-15,17H,8H2,1H3. The molecule has 0 fully saturated rings. The lowest BCUT2D eigenvalue weighted by atomic mass is 10.1. The Balaban J connectivity index is 1.92. The minimum Gasteiger partial charge on any atom is -0.387 e. The molecule has 1 atom stereocenters. The van der Waals surface area contributed by atoms with E-state index in [1.54, 1.807) is 30.4 Å². The first-order valence-corrected chi connectivity index (χ1v) is 6.66. The van der Waals surface area contributed by atoms with Crippen LogP contribution in [0.4, 0.5) is 5.69 Å². The van der Waals surface area contributed by atoms with Crippen LogP contribution < -0.4 is 5.32 Å². The zero-order valence-electron chi connectivity index (χ0n) is 10.1. The number of aliphatic hydroxyl groups excluding tert-OH is 1. The van der Waals surface area contributed by atoms with Crippen molar-refractivity contribution in [2.24, 2.45) is 0 Å². The molecule has 0 aliphatic heterocycles. The lowest BCUT2D eigenvalue weighted by Gasteiger charge is -2.11. The van der Waals surface area contributed by atoms with Crippen LogP contribution in [0.2, 0.25) is 0 Å². The molecular weight excluding hydrogens is 246 g/mol. The van der Waals surface area contributed by atoms with Crippen molar-refractivity contribution in [2.75, 3.05) is 11.9 Å². The van der Waals surface area contributed by atoms with Gasteiger partial charge in [0.25, 0.3) is 0 Å². The van der Waals surface area contributed by atoms with Crippen LogP contribution in [0.15, 0.2) is 41.1 Å². The fourth-order valence-corrected chi connectivity index (χ4v) is 2.33. The number of rotatable bonds is 5. The van der Waals surface area contributed by atoms with Gasteiger partial charge in [-0.15, -0.1) is 0 Å². The molecule has 4 heteroatoms. The zero-order chi connectivity index (χ0) is 13.0. The number of carbonyl (C=O) groups excluding carboxylic acids is 1. The van der Waals surface area contributed by atoms with Gasteiger partial charge in [-0.3, -0.25) is 4.79 Å². The first kappa shape index (κ1) is 12.8. The van der Waals surface area contributed by atoms with E-state index in [9.17, 15) is 9.90 Å². The third kappa shape index (κ3) is 3.18. The van der Waals surface area contributed by atoms with Gasteiger partial charge in [0.2, 0.25) is 0 Å². The highest BCUT2D eigenvalue weighted by Gasteiger charge is 2.07. The lowest BCUT2D eigenvalue weighted by Crippen LogP contribution is -2.11. The van der Waals surface area contributed by atoms with E-state index in [0.717, 1.165) is 11.3 Å². The van der Waals surface area contributed by atoms with Gasteiger partial charge in [0.15, 0.2) is 5.78 Å². The van der Waals surface area contributed by atoms with Crippen molar-refractivity contribution in [1.82, 2.24) is 0 Å². The summed E-state index contributed by atoms with van der Waals surface area (Å²) in [7, 11) is 0. The van der Waals surface area contributed by atoms with Crippen molar-refractivity contribution in [3.05, 3.63) is 52.2 Å². The maximum Gasteiger partial charge on any atom is 0.159 e. The van der Waals surface area contributed by atoms with Crippen LogP contribution in [0.1, 0.15) is 28.9 Å². The highest BCUT2D eigenvalue weighted by atomic mass is 32.1. The van der Waals surface area contributed by atoms with E-state index in [-0.39, 0.29) is 5.78 Å². The Morgan fingerprint density at radius 1 is 1.33 bits per heavy atom. The van der Waals surface area contributed by atoms with Gasteiger partial charge in [0, 0.05) is 17.8 Å². The Hall–Kier alpha value is -1.65. The van der Waals surface area contributed by atoms with E-state index in [4.69, 9.17) is 0 Å². The third-order valence-corrected chi connectivity index (χ3v) is 3.42. The van der Waals surface area contributed by atoms with Crippen molar-refractivity contribution < 1.29 is 9.90 Å². The Bertz CT molecular complexity index is 505. The van der Waals surface area contributed by atoms with Crippen LogP contribution in [0.5, 0.6) is 0 Å². The van der Waals surface area contributed by atoms with Gasteiger partial charge < -0.3 is 10.4 Å². The monoisotopic (exact) mass is 261 g/mol. The Labute approximate surface area is 110 Å². The number of aliphatic hydroxyl groups is 1. The van der Waals surface area contributed by atoms with E-state index in [2.05, 4.69) is 5.32 Å². The van der Waals surface area contributed by atoms with Crippen LogP contribution >= 0.6 is 11.3 Å². The maximum absolute atomic E-state index is 11.1. The molecular formula is C14H15NO2S. The largest absolute Gasteiger partial charge is 0.387 e. The SMILES string of the molecule is CC(=O)c1ccc(NCC(O)c2ccsc2)cc1. The smallest absolute Gasteiger partial charge is 0.159 e. The normalized spacial score (nSPS) is 12.1. The Kier molecular flexibility index (Phi) is 4.12. The van der Waals surface area contributed by atoms with E-state index >= 15 is 0 Å². The molecule has 1 unspecified atom stereocenters. The molecule has 0 aliphatic rings. The topological polar surface area (TPSA) is 49.3 Å². The molecule has 2 rings (SSSR count). The molecule has 0 bridgehead atoms. The van der Waals surface area contributed by atoms with Crippen LogP contribution in [-0.2, 0) is 0 Å². The van der Waals surface area contributed by atoms with Crippen LogP contribution in [0, 0.1) is 0 Å². The van der Waals surface area contributed by atoms with Gasteiger partial charge in [-0.25, -0.2) is 0 Å². The average Bonchev–Trinajstić information content (AvgIpc) is 2.90. The fraction of sp³-hybridized carbons (Fsp3) is 0.214. The summed E-state index contributed by atoms with van der Waals surface area (Å²) >= 11 is 1.57. The summed E-state index contributed by atoms with van der Waals surface area (Å²) in [4.78, 5) is 11.1. The summed E-state index contributed by atoms with van der Waals surface area (Å²) in [6, 6.07) is 9.16. The van der Waals surface area contributed by atoms with E-state index < -0.39 is 6.10 Å². The number of thiophene rings is 1. The molecule has 0 spiro atoms. The first-order chi connectivity index (χ1) is 8.66. The number of anilines is 1. The maximum atomic E-state index is 11.1. The summed E-state index contributed by atoms with van der Waals surface area (Å²) in [6.07, 6.45) is -0.510. The molecule has 94 valence electrons. The number of Topliss-reactive ketones (excluding diaryl/α,β-unsaturated/α-hetero) is 1. The van der Waals surface area contributed by atoms with Gasteiger partial charge in [-0.2, -0.15) is 11.3 Å². The highest BCUT2D eigenvalue weighted by Crippen LogP contribution is 2.17. The highest BCUT2D eigenvalue weighted by molar-refractivity contribution is 7.07. The van der Waals surface area contributed by atoms with Gasteiger partial charge >= 0.3 is 0 Å². The van der Waals surface area contributed by atoms with Crippen molar-refractivity contribution in [3.8, 4) is 0 Å². The number of nitrogens with one attached hydrogen (secondary N) is 1. The predicted octanol–water partition coefficient (Wildman–Crippen LogP) is 3.10. The van der Waals surface area contributed by atoms with Gasteiger partial charge in [-0.05, 0) is 53.6 Å². The minimum atomic E-state index is -0.510. The molecule has 0 saturated heterocycles. The summed E-state index contributed by atoms with van der Waals surface area (Å²) in [5, 5.41) is 16.9. The van der Waals surface area contributed by atoms with E-state index in [1.807, 2.05) is 29.0 Å². The number of hydrogen-bond acceptors (Lipinski definition) is 4. The van der Waals surface area contributed by atoms with Crippen LogP contribution in [0.3, 0.4) is 0 Å². The molecule has 2 N–H and O–H groups in total. The Morgan fingerprint density at radius 3 is 2.61 bits per heavy atom. The lowest BCUT2D eigenvalue weighted by molar-refractivity contribution is 0.101. The van der Waals surface area contributed by atoms with Crippen molar-refractivity contribution in [3.63, 3.8) is 0 Å². The fourth-order valence-electron chi connectivity index (χ4n) is 1.62. The molecule has 1 aromatic heterocycles. The molecule has 3 nitrogen and oxygen atoms in total. The minimum absolute atomic E-state index is 0.0554. The predicted molar refractivity (Wildman–Crippen MR) is 74.2 cm³/mol.